The summed E-state index contributed by atoms with van der Waals surface area (Å²) in [5.41, 5.74) is 1.26. The molecule has 16 heavy (non-hydrogen) atoms. The molecule has 0 aliphatic rings. The maximum absolute atomic E-state index is 11.7. The Labute approximate surface area is 105 Å². The molecular weight excluding hydrogens is 249 g/mol. The molecule has 0 unspecified atom stereocenters. The minimum Gasteiger partial charge on any atom is -0.616 e. The lowest BCUT2D eigenvalue weighted by Gasteiger charge is -1.97. The fourth-order valence-electron chi connectivity index (χ4n) is 1.35. The minimum absolute atomic E-state index is 0. The van der Waals surface area contributed by atoms with Crippen molar-refractivity contribution in [3.05, 3.63) is 45.9 Å². The third-order valence-corrected chi connectivity index (χ3v) is 2.56. The van der Waals surface area contributed by atoms with Gasteiger partial charge in [-0.05, 0) is 18.2 Å². The van der Waals surface area contributed by atoms with Crippen LogP contribution in [0.25, 0.3) is 11.5 Å². The molecule has 0 fully saturated rings. The van der Waals surface area contributed by atoms with Crippen LogP contribution in [0.2, 0.25) is 5.02 Å². The van der Waals surface area contributed by atoms with Gasteiger partial charge >= 0.3 is 5.89 Å². The first-order valence-electron chi connectivity index (χ1n) is 4.55. The molecule has 0 N–H and O–H groups in total. The Morgan fingerprint density at radius 2 is 2.00 bits per heavy atom. The fraction of sp³-hybridized carbons (Fsp3) is 0.182. The average molecular weight is 260 g/mol. The molecule has 0 saturated carbocycles. The zero-order valence-corrected chi connectivity index (χ0v) is 10.4. The van der Waals surface area contributed by atoms with E-state index in [1.165, 1.54) is 0 Å². The van der Waals surface area contributed by atoms with E-state index in [9.17, 15) is 5.21 Å². The SMILES string of the molecule is Cc1oc(-c2cccc(Cl)c2)[n+]([O-])c1C.Cl. The van der Waals surface area contributed by atoms with Crippen LogP contribution >= 0.6 is 24.0 Å². The molecule has 0 aliphatic carbocycles. The number of benzene rings is 1. The molecule has 0 aliphatic heterocycles. The van der Waals surface area contributed by atoms with Crippen molar-refractivity contribution in [2.24, 2.45) is 0 Å². The Bertz CT molecular complexity index is 509. The van der Waals surface area contributed by atoms with Crippen LogP contribution in [0.5, 0.6) is 0 Å². The van der Waals surface area contributed by atoms with Gasteiger partial charge in [-0.1, -0.05) is 17.7 Å². The summed E-state index contributed by atoms with van der Waals surface area (Å²) in [4.78, 5) is 0. The van der Waals surface area contributed by atoms with E-state index in [4.69, 9.17) is 16.0 Å². The number of rotatable bonds is 1. The number of hydrogen-bond acceptors (Lipinski definition) is 2. The third-order valence-electron chi connectivity index (χ3n) is 2.32. The van der Waals surface area contributed by atoms with Gasteiger partial charge in [-0.25, -0.2) is 0 Å². The van der Waals surface area contributed by atoms with E-state index in [1.54, 1.807) is 38.1 Å². The van der Waals surface area contributed by atoms with Crippen LogP contribution in [-0.4, -0.2) is 0 Å². The highest BCUT2D eigenvalue weighted by Crippen LogP contribution is 2.22. The highest BCUT2D eigenvalue weighted by atomic mass is 35.5. The number of oxazole rings is 1. The van der Waals surface area contributed by atoms with Gasteiger partial charge in [0.25, 0.3) is 0 Å². The van der Waals surface area contributed by atoms with Crippen LogP contribution in [0.3, 0.4) is 0 Å². The molecule has 0 radical (unpaired) electrons. The average Bonchev–Trinajstić information content (AvgIpc) is 2.46. The molecule has 3 nitrogen and oxygen atoms in total. The summed E-state index contributed by atoms with van der Waals surface area (Å²) in [6.07, 6.45) is 0. The maximum Gasteiger partial charge on any atom is 0.392 e. The highest BCUT2D eigenvalue weighted by molar-refractivity contribution is 6.30. The molecule has 5 heteroatoms. The normalized spacial score (nSPS) is 9.94. The molecule has 0 atom stereocenters. The summed E-state index contributed by atoms with van der Waals surface area (Å²) in [6.45, 7) is 3.48. The lowest BCUT2D eigenvalue weighted by molar-refractivity contribution is -0.602. The molecule has 0 spiro atoms. The van der Waals surface area contributed by atoms with Crippen molar-refractivity contribution in [1.82, 2.24) is 0 Å². The fourth-order valence-corrected chi connectivity index (χ4v) is 1.54. The van der Waals surface area contributed by atoms with Gasteiger partial charge in [-0.2, -0.15) is 0 Å². The Morgan fingerprint density at radius 1 is 1.31 bits per heavy atom. The van der Waals surface area contributed by atoms with Crippen LogP contribution in [0.15, 0.2) is 28.7 Å². The lowest BCUT2D eigenvalue weighted by Crippen LogP contribution is -2.29. The van der Waals surface area contributed by atoms with Gasteiger partial charge in [0, 0.05) is 18.9 Å². The second-order valence-corrected chi connectivity index (χ2v) is 3.79. The number of aryl methyl sites for hydroxylation is 1. The van der Waals surface area contributed by atoms with Gasteiger partial charge in [-0.3, -0.25) is 0 Å². The summed E-state index contributed by atoms with van der Waals surface area (Å²) in [6, 6.07) is 7.03. The Balaban J connectivity index is 0.00000128. The van der Waals surface area contributed by atoms with Crippen LogP contribution in [0.1, 0.15) is 11.5 Å². The number of aromatic nitrogens is 1. The van der Waals surface area contributed by atoms with Crippen molar-refractivity contribution >= 4 is 24.0 Å². The summed E-state index contributed by atoms with van der Waals surface area (Å²) in [7, 11) is 0. The van der Waals surface area contributed by atoms with Crippen molar-refractivity contribution in [3.8, 4) is 11.5 Å². The largest absolute Gasteiger partial charge is 0.616 e. The maximum atomic E-state index is 11.7. The molecule has 1 aromatic carbocycles. The van der Waals surface area contributed by atoms with Crippen LogP contribution < -0.4 is 4.73 Å². The second kappa shape index (κ2) is 4.76. The zero-order chi connectivity index (χ0) is 11.0. The smallest absolute Gasteiger partial charge is 0.392 e. The Morgan fingerprint density at radius 3 is 2.50 bits per heavy atom. The predicted octanol–water partition coefficient (Wildman–Crippen LogP) is 3.27. The lowest BCUT2D eigenvalue weighted by atomic mass is 10.2. The molecule has 0 saturated heterocycles. The summed E-state index contributed by atoms with van der Waals surface area (Å²) in [5, 5.41) is 12.3. The number of halogens is 2. The molecule has 0 bridgehead atoms. The van der Waals surface area contributed by atoms with Crippen molar-refractivity contribution in [3.63, 3.8) is 0 Å². The molecule has 2 rings (SSSR count). The van der Waals surface area contributed by atoms with Gasteiger partial charge in [-0.15, -0.1) is 17.1 Å². The summed E-state index contributed by atoms with van der Waals surface area (Å²) >= 11 is 5.84. The van der Waals surface area contributed by atoms with E-state index in [2.05, 4.69) is 0 Å². The highest BCUT2D eigenvalue weighted by Gasteiger charge is 2.20. The first kappa shape index (κ1) is 12.9. The van der Waals surface area contributed by atoms with E-state index in [1.807, 2.05) is 0 Å². The molecule has 0 amide bonds. The van der Waals surface area contributed by atoms with Gasteiger partial charge < -0.3 is 9.62 Å². The van der Waals surface area contributed by atoms with E-state index in [0.717, 1.165) is 4.73 Å². The number of nitrogens with zero attached hydrogens (tertiary/aromatic N) is 1. The van der Waals surface area contributed by atoms with E-state index < -0.39 is 0 Å². The van der Waals surface area contributed by atoms with Crippen molar-refractivity contribution in [1.29, 1.82) is 0 Å². The van der Waals surface area contributed by atoms with Crippen LogP contribution in [0.4, 0.5) is 0 Å². The molecule has 2 aromatic rings. The molecule has 1 aromatic heterocycles. The first-order chi connectivity index (χ1) is 7.09. The summed E-state index contributed by atoms with van der Waals surface area (Å²) in [5.74, 6) is 0.910. The minimum atomic E-state index is 0. The predicted molar refractivity (Wildman–Crippen MR) is 64.8 cm³/mol. The zero-order valence-electron chi connectivity index (χ0n) is 8.86. The standard InChI is InChI=1S/C11H10ClNO2.ClH/c1-7-8(2)15-11(13(7)14)9-4-3-5-10(12)6-9;/h3-6H,1-2H3;1H. The third kappa shape index (κ3) is 2.15. The van der Waals surface area contributed by atoms with Gasteiger partial charge in [0.1, 0.15) is 0 Å². The molecular formula is C11H11Cl2NO2. The Kier molecular flexibility index (Phi) is 3.83. The van der Waals surface area contributed by atoms with Crippen LogP contribution in [0, 0.1) is 19.1 Å². The molecule has 1 heterocycles. The van der Waals surface area contributed by atoms with Crippen molar-refractivity contribution in [2.75, 3.05) is 0 Å². The van der Waals surface area contributed by atoms with Crippen LogP contribution in [-0.2, 0) is 0 Å². The first-order valence-corrected chi connectivity index (χ1v) is 4.93. The van der Waals surface area contributed by atoms with Crippen molar-refractivity contribution < 1.29 is 9.15 Å². The number of hydrogen-bond donors (Lipinski definition) is 0. The summed E-state index contributed by atoms with van der Waals surface area (Å²) < 4.78 is 6.16. The monoisotopic (exact) mass is 259 g/mol. The van der Waals surface area contributed by atoms with E-state index in [0.29, 0.717) is 22.0 Å². The second-order valence-electron chi connectivity index (χ2n) is 3.35. The van der Waals surface area contributed by atoms with E-state index >= 15 is 0 Å². The van der Waals surface area contributed by atoms with Gasteiger partial charge in [0.2, 0.25) is 5.69 Å². The van der Waals surface area contributed by atoms with Gasteiger partial charge in [0.15, 0.2) is 5.76 Å². The van der Waals surface area contributed by atoms with E-state index in [-0.39, 0.29) is 18.3 Å². The topological polar surface area (TPSA) is 40.1 Å². The van der Waals surface area contributed by atoms with Gasteiger partial charge in [0.05, 0.1) is 5.56 Å². The Hall–Kier alpha value is -1.19. The molecule has 86 valence electrons. The quantitative estimate of drug-likeness (QED) is 0.583. The van der Waals surface area contributed by atoms with Crippen molar-refractivity contribution in [2.45, 2.75) is 13.8 Å².